The molecular formula is C17H21N3O4S. The molecule has 0 saturated carbocycles. The van der Waals surface area contributed by atoms with E-state index in [2.05, 4.69) is 10.3 Å². The molecule has 3 rings (SSSR count). The molecule has 134 valence electrons. The molecule has 0 bridgehead atoms. The number of aromatic nitrogens is 1. The molecule has 0 radical (unpaired) electrons. The van der Waals surface area contributed by atoms with Crippen molar-refractivity contribution in [2.24, 2.45) is 5.92 Å². The molecule has 1 saturated heterocycles. The summed E-state index contributed by atoms with van der Waals surface area (Å²) in [4.78, 5) is 29.9. The Morgan fingerprint density at radius 1 is 1.40 bits per heavy atom. The van der Waals surface area contributed by atoms with E-state index in [1.165, 1.54) is 18.4 Å². The SMILES string of the molecule is COc1csc(C(=O)N2CC[C@@H](CNC(=O)c3ccc[nH]3)C2)c1OC. The van der Waals surface area contributed by atoms with Gasteiger partial charge in [0.15, 0.2) is 11.5 Å². The molecular weight excluding hydrogens is 342 g/mol. The minimum Gasteiger partial charge on any atom is -0.492 e. The van der Waals surface area contributed by atoms with E-state index in [0.717, 1.165) is 6.42 Å². The molecule has 0 aliphatic carbocycles. The maximum absolute atomic E-state index is 12.7. The third-order valence-electron chi connectivity index (χ3n) is 4.30. The lowest BCUT2D eigenvalue weighted by Crippen LogP contribution is -2.33. The smallest absolute Gasteiger partial charge is 0.267 e. The second-order valence-electron chi connectivity index (χ2n) is 5.87. The van der Waals surface area contributed by atoms with E-state index in [1.54, 1.807) is 35.7 Å². The van der Waals surface area contributed by atoms with Gasteiger partial charge in [-0.1, -0.05) is 0 Å². The summed E-state index contributed by atoms with van der Waals surface area (Å²) < 4.78 is 10.5. The van der Waals surface area contributed by atoms with E-state index < -0.39 is 0 Å². The zero-order chi connectivity index (χ0) is 17.8. The Hall–Kier alpha value is -2.48. The van der Waals surface area contributed by atoms with Gasteiger partial charge in [0, 0.05) is 31.2 Å². The Morgan fingerprint density at radius 3 is 2.92 bits per heavy atom. The largest absolute Gasteiger partial charge is 0.492 e. The zero-order valence-electron chi connectivity index (χ0n) is 14.2. The molecule has 7 nitrogen and oxygen atoms in total. The lowest BCUT2D eigenvalue weighted by molar-refractivity contribution is 0.0788. The standard InChI is InChI=1S/C17H21N3O4S/c1-23-13-10-25-15(14(13)24-2)17(22)20-7-5-11(9-20)8-19-16(21)12-4-3-6-18-12/h3-4,6,10-11,18H,5,7-9H2,1-2H3,(H,19,21)/t11-/m0/s1. The maximum Gasteiger partial charge on any atom is 0.267 e. The fraction of sp³-hybridized carbons (Fsp3) is 0.412. The van der Waals surface area contributed by atoms with Crippen molar-refractivity contribution in [2.75, 3.05) is 33.9 Å². The number of rotatable bonds is 6. The van der Waals surface area contributed by atoms with E-state index in [1.807, 2.05) is 0 Å². The molecule has 3 heterocycles. The summed E-state index contributed by atoms with van der Waals surface area (Å²) in [6.07, 6.45) is 2.58. The average molecular weight is 363 g/mol. The van der Waals surface area contributed by atoms with Crippen LogP contribution in [0.1, 0.15) is 26.6 Å². The third kappa shape index (κ3) is 3.63. The molecule has 8 heteroatoms. The zero-order valence-corrected chi connectivity index (χ0v) is 15.0. The number of hydrogen-bond donors (Lipinski definition) is 2. The average Bonchev–Trinajstić information content (AvgIpc) is 3.38. The van der Waals surface area contributed by atoms with Crippen molar-refractivity contribution in [2.45, 2.75) is 6.42 Å². The van der Waals surface area contributed by atoms with E-state index in [4.69, 9.17) is 9.47 Å². The fourth-order valence-corrected chi connectivity index (χ4v) is 3.89. The van der Waals surface area contributed by atoms with Crippen LogP contribution in [-0.4, -0.2) is 55.6 Å². The van der Waals surface area contributed by atoms with Crippen LogP contribution in [0.25, 0.3) is 0 Å². The van der Waals surface area contributed by atoms with E-state index in [9.17, 15) is 9.59 Å². The van der Waals surface area contributed by atoms with Gasteiger partial charge in [-0.15, -0.1) is 11.3 Å². The Bertz CT molecular complexity index is 741. The topological polar surface area (TPSA) is 83.7 Å². The first kappa shape index (κ1) is 17.3. The van der Waals surface area contributed by atoms with Gasteiger partial charge in [0.2, 0.25) is 0 Å². The molecule has 1 fully saturated rings. The summed E-state index contributed by atoms with van der Waals surface area (Å²) in [6, 6.07) is 3.52. The first-order valence-corrected chi connectivity index (χ1v) is 8.92. The molecule has 1 aliphatic heterocycles. The van der Waals surface area contributed by atoms with Crippen LogP contribution in [0.4, 0.5) is 0 Å². The Labute approximate surface area is 149 Å². The monoisotopic (exact) mass is 363 g/mol. The summed E-state index contributed by atoms with van der Waals surface area (Å²) >= 11 is 1.32. The summed E-state index contributed by atoms with van der Waals surface area (Å²) in [7, 11) is 3.09. The second-order valence-corrected chi connectivity index (χ2v) is 6.75. The quantitative estimate of drug-likeness (QED) is 0.822. The fourth-order valence-electron chi connectivity index (χ4n) is 2.94. The maximum atomic E-state index is 12.7. The number of carbonyl (C=O) groups is 2. The van der Waals surface area contributed by atoms with Gasteiger partial charge >= 0.3 is 0 Å². The summed E-state index contributed by atoms with van der Waals surface area (Å²) in [5, 5.41) is 4.69. The number of likely N-dealkylation sites (tertiary alicyclic amines) is 1. The highest BCUT2D eigenvalue weighted by atomic mass is 32.1. The van der Waals surface area contributed by atoms with Crippen LogP contribution >= 0.6 is 11.3 Å². The van der Waals surface area contributed by atoms with Crippen molar-refractivity contribution < 1.29 is 19.1 Å². The molecule has 0 spiro atoms. The Kier molecular flexibility index (Phi) is 5.28. The highest BCUT2D eigenvalue weighted by molar-refractivity contribution is 7.12. The first-order chi connectivity index (χ1) is 12.1. The van der Waals surface area contributed by atoms with Crippen LogP contribution < -0.4 is 14.8 Å². The minimum atomic E-state index is -0.126. The molecule has 2 N–H and O–H groups in total. The molecule has 2 aromatic heterocycles. The van der Waals surface area contributed by atoms with Crippen LogP contribution in [0, 0.1) is 5.92 Å². The van der Waals surface area contributed by atoms with Crippen LogP contribution in [0.15, 0.2) is 23.7 Å². The van der Waals surface area contributed by atoms with Gasteiger partial charge in [0.1, 0.15) is 10.6 Å². The summed E-state index contributed by atoms with van der Waals surface area (Å²) in [5.41, 5.74) is 0.543. The highest BCUT2D eigenvalue weighted by Gasteiger charge is 2.30. The first-order valence-electron chi connectivity index (χ1n) is 8.04. The number of aromatic amines is 1. The second kappa shape index (κ2) is 7.60. The molecule has 2 amide bonds. The van der Waals surface area contributed by atoms with Gasteiger partial charge in [-0.3, -0.25) is 9.59 Å². The van der Waals surface area contributed by atoms with Crippen molar-refractivity contribution >= 4 is 23.2 Å². The number of nitrogens with one attached hydrogen (secondary N) is 2. The van der Waals surface area contributed by atoms with Gasteiger partial charge < -0.3 is 24.7 Å². The van der Waals surface area contributed by atoms with Crippen LogP contribution in [0.3, 0.4) is 0 Å². The van der Waals surface area contributed by atoms with Crippen molar-refractivity contribution in [3.8, 4) is 11.5 Å². The Balaban J connectivity index is 1.56. The lowest BCUT2D eigenvalue weighted by atomic mass is 10.1. The van der Waals surface area contributed by atoms with Crippen LogP contribution in [-0.2, 0) is 0 Å². The van der Waals surface area contributed by atoms with Gasteiger partial charge in [0.05, 0.1) is 14.2 Å². The number of nitrogens with zero attached hydrogens (tertiary/aromatic N) is 1. The molecule has 2 aromatic rings. The summed E-state index contributed by atoms with van der Waals surface area (Å²) in [6.45, 7) is 1.84. The third-order valence-corrected chi connectivity index (χ3v) is 5.23. The van der Waals surface area contributed by atoms with Crippen LogP contribution in [0.5, 0.6) is 11.5 Å². The molecule has 0 aromatic carbocycles. The highest BCUT2D eigenvalue weighted by Crippen LogP contribution is 2.38. The van der Waals surface area contributed by atoms with Crippen molar-refractivity contribution in [3.63, 3.8) is 0 Å². The van der Waals surface area contributed by atoms with Gasteiger partial charge in [-0.25, -0.2) is 0 Å². The van der Waals surface area contributed by atoms with E-state index >= 15 is 0 Å². The van der Waals surface area contributed by atoms with Gasteiger partial charge in [-0.2, -0.15) is 0 Å². The van der Waals surface area contributed by atoms with Crippen LogP contribution in [0.2, 0.25) is 0 Å². The van der Waals surface area contributed by atoms with Crippen molar-refractivity contribution in [3.05, 3.63) is 34.3 Å². The van der Waals surface area contributed by atoms with E-state index in [-0.39, 0.29) is 17.7 Å². The minimum absolute atomic E-state index is 0.0525. The normalized spacial score (nSPS) is 16.7. The molecule has 1 aliphatic rings. The number of thiophene rings is 1. The number of carbonyl (C=O) groups excluding carboxylic acids is 2. The predicted molar refractivity (Wildman–Crippen MR) is 94.6 cm³/mol. The number of ether oxygens (including phenoxy) is 2. The molecule has 1 atom stereocenters. The van der Waals surface area contributed by atoms with Crippen molar-refractivity contribution in [1.82, 2.24) is 15.2 Å². The number of amides is 2. The van der Waals surface area contributed by atoms with Crippen molar-refractivity contribution in [1.29, 1.82) is 0 Å². The number of H-pyrrole nitrogens is 1. The predicted octanol–water partition coefficient (Wildman–Crippen LogP) is 1.99. The van der Waals surface area contributed by atoms with Gasteiger partial charge in [0.25, 0.3) is 11.8 Å². The molecule has 0 unspecified atom stereocenters. The molecule has 25 heavy (non-hydrogen) atoms. The van der Waals surface area contributed by atoms with Gasteiger partial charge in [-0.05, 0) is 24.5 Å². The summed E-state index contributed by atoms with van der Waals surface area (Å²) in [5.74, 6) is 1.13. The Morgan fingerprint density at radius 2 is 2.24 bits per heavy atom. The lowest BCUT2D eigenvalue weighted by Gasteiger charge is -2.16. The number of hydrogen-bond acceptors (Lipinski definition) is 5. The van der Waals surface area contributed by atoms with E-state index in [0.29, 0.717) is 41.7 Å². The number of methoxy groups -OCH3 is 2.